The molecule has 8 heteroatoms. The van der Waals surface area contributed by atoms with Gasteiger partial charge in [-0.15, -0.1) is 10.2 Å². The summed E-state index contributed by atoms with van der Waals surface area (Å²) in [5.74, 6) is 0.642. The maximum atomic E-state index is 13.8. The van der Waals surface area contributed by atoms with Crippen molar-refractivity contribution in [3.63, 3.8) is 0 Å². The summed E-state index contributed by atoms with van der Waals surface area (Å²) >= 11 is 1.26. The third-order valence-corrected chi connectivity index (χ3v) is 7.13. The van der Waals surface area contributed by atoms with Gasteiger partial charge in [0.15, 0.2) is 0 Å². The van der Waals surface area contributed by atoms with Crippen LogP contribution in [0.1, 0.15) is 50.0 Å². The first-order valence-electron chi connectivity index (χ1n) is 10.7. The Kier molecular flexibility index (Phi) is 6.73. The summed E-state index contributed by atoms with van der Waals surface area (Å²) in [7, 11) is 0. The van der Waals surface area contributed by atoms with E-state index in [0.717, 1.165) is 50.9 Å². The van der Waals surface area contributed by atoms with E-state index in [1.165, 1.54) is 30.7 Å². The molecule has 30 heavy (non-hydrogen) atoms. The zero-order valence-corrected chi connectivity index (χ0v) is 18.2. The van der Waals surface area contributed by atoms with Gasteiger partial charge in [-0.2, -0.15) is 0 Å². The van der Waals surface area contributed by atoms with Gasteiger partial charge in [-0.1, -0.05) is 36.7 Å². The minimum absolute atomic E-state index is 0.00123. The summed E-state index contributed by atoms with van der Waals surface area (Å²) in [5, 5.41) is 11.2. The van der Waals surface area contributed by atoms with Crippen molar-refractivity contribution in [1.29, 1.82) is 0 Å². The summed E-state index contributed by atoms with van der Waals surface area (Å²) < 4.78 is 19.1. The number of aryl methyl sites for hydroxylation is 1. The molecule has 0 radical (unpaired) electrons. The number of nitrogens with one attached hydrogen (secondary N) is 1. The lowest BCUT2D eigenvalue weighted by molar-refractivity contribution is -0.119. The molecule has 0 spiro atoms. The van der Waals surface area contributed by atoms with Gasteiger partial charge in [0, 0.05) is 38.0 Å². The van der Waals surface area contributed by atoms with E-state index in [0.29, 0.717) is 11.1 Å². The summed E-state index contributed by atoms with van der Waals surface area (Å²) in [6, 6.07) is 7.37. The predicted molar refractivity (Wildman–Crippen MR) is 114 cm³/mol. The molecular formula is C22H29FN4O2S. The molecule has 2 aliphatic rings. The standard InChI is InChI=1S/C22H29FN4O2S/c1-16-25-26-21(29-16)30-14-20(28)24-19-7-11-27(12-8-19)15-22(9-2-3-10-22)17-5-4-6-18(23)13-17/h4-6,13,19H,2-3,7-12,14-15H2,1H3,(H,24,28). The molecule has 1 aromatic carbocycles. The van der Waals surface area contributed by atoms with Gasteiger partial charge in [0.1, 0.15) is 5.82 Å². The number of amides is 1. The van der Waals surface area contributed by atoms with Crippen LogP contribution in [-0.2, 0) is 10.2 Å². The fourth-order valence-corrected chi connectivity index (χ4v) is 5.42. The average molecular weight is 433 g/mol. The van der Waals surface area contributed by atoms with Crippen molar-refractivity contribution in [3.05, 3.63) is 41.5 Å². The summed E-state index contributed by atoms with van der Waals surface area (Å²) in [6.07, 6.45) is 6.55. The highest BCUT2D eigenvalue weighted by Crippen LogP contribution is 2.42. The number of benzene rings is 1. The number of hydrogen-bond acceptors (Lipinski definition) is 6. The summed E-state index contributed by atoms with van der Waals surface area (Å²) in [6.45, 7) is 4.62. The average Bonchev–Trinajstić information content (AvgIpc) is 3.38. The lowest BCUT2D eigenvalue weighted by Gasteiger charge is -2.39. The van der Waals surface area contributed by atoms with Crippen LogP contribution in [0.3, 0.4) is 0 Å². The normalized spacial score (nSPS) is 19.8. The Morgan fingerprint density at radius 3 is 2.73 bits per heavy atom. The van der Waals surface area contributed by atoms with E-state index in [1.807, 2.05) is 6.07 Å². The molecule has 0 atom stereocenters. The van der Waals surface area contributed by atoms with Gasteiger partial charge in [0.25, 0.3) is 5.22 Å². The fraction of sp³-hybridized carbons (Fsp3) is 0.591. The smallest absolute Gasteiger partial charge is 0.277 e. The van der Waals surface area contributed by atoms with Crippen LogP contribution in [0.5, 0.6) is 0 Å². The van der Waals surface area contributed by atoms with E-state index in [-0.39, 0.29) is 28.9 Å². The molecule has 1 saturated carbocycles. The van der Waals surface area contributed by atoms with Gasteiger partial charge in [0.2, 0.25) is 11.8 Å². The van der Waals surface area contributed by atoms with E-state index in [2.05, 4.69) is 26.5 Å². The molecule has 4 rings (SSSR count). The summed E-state index contributed by atoms with van der Waals surface area (Å²) in [5.41, 5.74) is 1.21. The van der Waals surface area contributed by atoms with Crippen molar-refractivity contribution in [3.8, 4) is 0 Å². The van der Waals surface area contributed by atoms with Crippen LogP contribution in [0.25, 0.3) is 0 Å². The molecule has 1 saturated heterocycles. The zero-order valence-electron chi connectivity index (χ0n) is 17.4. The largest absolute Gasteiger partial charge is 0.416 e. The molecule has 0 unspecified atom stereocenters. The Morgan fingerprint density at radius 1 is 1.30 bits per heavy atom. The van der Waals surface area contributed by atoms with E-state index in [9.17, 15) is 9.18 Å². The minimum atomic E-state index is -0.145. The van der Waals surface area contributed by atoms with E-state index in [1.54, 1.807) is 13.0 Å². The van der Waals surface area contributed by atoms with Crippen molar-refractivity contribution in [1.82, 2.24) is 20.4 Å². The number of aromatic nitrogens is 2. The Bertz CT molecular complexity index is 860. The van der Waals surface area contributed by atoms with Gasteiger partial charge >= 0.3 is 0 Å². The second-order valence-electron chi connectivity index (χ2n) is 8.49. The SMILES string of the molecule is Cc1nnc(SCC(=O)NC2CCN(CC3(c4cccc(F)c4)CCCC3)CC2)o1. The second-order valence-corrected chi connectivity index (χ2v) is 9.42. The lowest BCUT2D eigenvalue weighted by atomic mass is 9.78. The first-order valence-corrected chi connectivity index (χ1v) is 11.7. The van der Waals surface area contributed by atoms with Crippen LogP contribution in [0.2, 0.25) is 0 Å². The quantitative estimate of drug-likeness (QED) is 0.673. The van der Waals surface area contributed by atoms with Gasteiger partial charge in [0.05, 0.1) is 5.75 Å². The van der Waals surface area contributed by atoms with Gasteiger partial charge in [-0.3, -0.25) is 4.79 Å². The van der Waals surface area contributed by atoms with Gasteiger partial charge < -0.3 is 14.6 Å². The van der Waals surface area contributed by atoms with E-state index < -0.39 is 0 Å². The van der Waals surface area contributed by atoms with Crippen molar-refractivity contribution < 1.29 is 13.6 Å². The van der Waals surface area contributed by atoms with Crippen LogP contribution in [-0.4, -0.2) is 52.4 Å². The topological polar surface area (TPSA) is 71.3 Å². The first-order chi connectivity index (χ1) is 14.5. The Balaban J connectivity index is 1.26. The van der Waals surface area contributed by atoms with Crippen LogP contribution in [0, 0.1) is 12.7 Å². The summed E-state index contributed by atoms with van der Waals surface area (Å²) in [4.78, 5) is 14.7. The van der Waals surface area contributed by atoms with Crippen LogP contribution in [0.4, 0.5) is 4.39 Å². The third-order valence-electron chi connectivity index (χ3n) is 6.31. The fourth-order valence-electron chi connectivity index (χ4n) is 4.81. The number of carbonyl (C=O) groups excluding carboxylic acids is 1. The number of likely N-dealkylation sites (tertiary alicyclic amines) is 1. The molecule has 0 bridgehead atoms. The Labute approximate surface area is 181 Å². The Morgan fingerprint density at radius 2 is 2.07 bits per heavy atom. The highest BCUT2D eigenvalue weighted by Gasteiger charge is 2.38. The second kappa shape index (κ2) is 9.47. The molecule has 2 aromatic rings. The number of thioether (sulfide) groups is 1. The Hall–Kier alpha value is -1.93. The molecule has 2 fully saturated rings. The van der Waals surface area contributed by atoms with Crippen molar-refractivity contribution >= 4 is 17.7 Å². The maximum absolute atomic E-state index is 13.8. The van der Waals surface area contributed by atoms with Gasteiger partial charge in [-0.25, -0.2) is 4.39 Å². The molecule has 6 nitrogen and oxygen atoms in total. The number of hydrogen-bond donors (Lipinski definition) is 1. The van der Waals surface area contributed by atoms with Crippen LogP contribution in [0.15, 0.2) is 33.9 Å². The molecular weight excluding hydrogens is 403 g/mol. The molecule has 1 N–H and O–H groups in total. The van der Waals surface area contributed by atoms with Crippen molar-refractivity contribution in [2.24, 2.45) is 0 Å². The zero-order chi connectivity index (χ0) is 21.0. The molecule has 1 aliphatic heterocycles. The van der Waals surface area contributed by atoms with Crippen molar-refractivity contribution in [2.45, 2.75) is 62.1 Å². The predicted octanol–water partition coefficient (Wildman–Crippen LogP) is 3.70. The number of carbonyl (C=O) groups is 1. The van der Waals surface area contributed by atoms with E-state index >= 15 is 0 Å². The molecule has 1 amide bonds. The van der Waals surface area contributed by atoms with E-state index in [4.69, 9.17) is 4.42 Å². The number of nitrogens with zero attached hydrogens (tertiary/aromatic N) is 3. The third kappa shape index (κ3) is 5.21. The first kappa shape index (κ1) is 21.3. The molecule has 162 valence electrons. The monoisotopic (exact) mass is 432 g/mol. The lowest BCUT2D eigenvalue weighted by Crippen LogP contribution is -2.48. The molecule has 1 aromatic heterocycles. The maximum Gasteiger partial charge on any atom is 0.277 e. The molecule has 1 aliphatic carbocycles. The van der Waals surface area contributed by atoms with Crippen LogP contribution < -0.4 is 5.32 Å². The van der Waals surface area contributed by atoms with Crippen molar-refractivity contribution in [2.75, 3.05) is 25.4 Å². The highest BCUT2D eigenvalue weighted by molar-refractivity contribution is 7.99. The highest BCUT2D eigenvalue weighted by atomic mass is 32.2. The number of piperidine rings is 1. The number of halogens is 1. The minimum Gasteiger partial charge on any atom is -0.416 e. The van der Waals surface area contributed by atoms with Gasteiger partial charge in [-0.05, 0) is 43.4 Å². The van der Waals surface area contributed by atoms with Crippen LogP contribution >= 0.6 is 11.8 Å². The molecule has 2 heterocycles. The number of rotatable bonds is 7.